The third-order valence-corrected chi connectivity index (χ3v) is 6.13. The smallest absolute Gasteiger partial charge is 0.252 e. The van der Waals surface area contributed by atoms with Crippen LogP contribution in [-0.2, 0) is 0 Å². The molecule has 0 spiro atoms. The molecule has 0 bridgehead atoms. The first kappa shape index (κ1) is 25.8. The van der Waals surface area contributed by atoms with Gasteiger partial charge in [0, 0.05) is 11.5 Å². The molecular formula is C30H33N3O4. The van der Waals surface area contributed by atoms with Crippen LogP contribution in [0.3, 0.4) is 0 Å². The second kappa shape index (κ2) is 12.1. The fraction of sp³-hybridized carbons (Fsp3) is 0.267. The molecule has 4 aromatic rings. The number of unbranched alkanes of at least 4 members (excludes halogenated alkanes) is 1. The summed E-state index contributed by atoms with van der Waals surface area (Å²) in [5.41, 5.74) is 2.96. The van der Waals surface area contributed by atoms with Crippen molar-refractivity contribution in [2.24, 2.45) is 0 Å². The molecule has 2 N–H and O–H groups in total. The van der Waals surface area contributed by atoms with Gasteiger partial charge in [0.2, 0.25) is 0 Å². The van der Waals surface area contributed by atoms with Gasteiger partial charge < -0.3 is 24.8 Å². The van der Waals surface area contributed by atoms with Crippen molar-refractivity contribution < 1.29 is 19.0 Å². The summed E-state index contributed by atoms with van der Waals surface area (Å²) in [7, 11) is 3.20. The average molecular weight is 500 g/mol. The van der Waals surface area contributed by atoms with E-state index < -0.39 is 0 Å². The first-order valence-corrected chi connectivity index (χ1v) is 12.4. The first-order valence-electron chi connectivity index (χ1n) is 12.4. The van der Waals surface area contributed by atoms with Crippen LogP contribution >= 0.6 is 0 Å². The minimum Gasteiger partial charge on any atom is -0.497 e. The molecule has 7 nitrogen and oxygen atoms in total. The van der Waals surface area contributed by atoms with E-state index in [4.69, 9.17) is 19.2 Å². The summed E-state index contributed by atoms with van der Waals surface area (Å²) in [6.45, 7) is 4.81. The Balaban J connectivity index is 1.56. The topological polar surface area (TPSA) is 81.7 Å². The van der Waals surface area contributed by atoms with Crippen molar-refractivity contribution in [1.29, 1.82) is 0 Å². The maximum atomic E-state index is 13.5. The third kappa shape index (κ3) is 6.30. The molecule has 192 valence electrons. The molecule has 1 heterocycles. The van der Waals surface area contributed by atoms with E-state index in [-0.39, 0.29) is 11.9 Å². The van der Waals surface area contributed by atoms with E-state index in [1.54, 1.807) is 26.4 Å². The molecule has 0 aliphatic heterocycles. The number of aromatic nitrogens is 1. The van der Waals surface area contributed by atoms with Crippen molar-refractivity contribution >= 4 is 28.3 Å². The Bertz CT molecular complexity index is 1360. The van der Waals surface area contributed by atoms with Crippen LogP contribution in [0.4, 0.5) is 11.5 Å². The zero-order chi connectivity index (χ0) is 26.2. The van der Waals surface area contributed by atoms with E-state index in [1.165, 1.54) is 0 Å². The van der Waals surface area contributed by atoms with Gasteiger partial charge in [-0.15, -0.1) is 0 Å². The van der Waals surface area contributed by atoms with Gasteiger partial charge >= 0.3 is 0 Å². The molecule has 3 aromatic carbocycles. The van der Waals surface area contributed by atoms with E-state index in [0.717, 1.165) is 29.5 Å². The number of amides is 1. The van der Waals surface area contributed by atoms with Gasteiger partial charge in [0.1, 0.15) is 23.1 Å². The van der Waals surface area contributed by atoms with Crippen molar-refractivity contribution in [2.45, 2.75) is 32.7 Å². The Kier molecular flexibility index (Phi) is 8.46. The summed E-state index contributed by atoms with van der Waals surface area (Å²) in [5, 5.41) is 7.19. The fourth-order valence-corrected chi connectivity index (χ4v) is 4.01. The molecule has 0 aliphatic carbocycles. The number of fused-ring (bicyclic) bond motifs is 1. The van der Waals surface area contributed by atoms with Crippen molar-refractivity contribution in [1.82, 2.24) is 10.3 Å². The molecule has 1 aromatic heterocycles. The van der Waals surface area contributed by atoms with Gasteiger partial charge in [-0.3, -0.25) is 4.79 Å². The molecule has 0 fully saturated rings. The van der Waals surface area contributed by atoms with Crippen molar-refractivity contribution in [3.05, 3.63) is 83.9 Å². The van der Waals surface area contributed by atoms with Gasteiger partial charge in [0.25, 0.3) is 5.91 Å². The first-order chi connectivity index (χ1) is 18.0. The maximum absolute atomic E-state index is 13.5. The van der Waals surface area contributed by atoms with Crippen LogP contribution in [-0.4, -0.2) is 31.7 Å². The van der Waals surface area contributed by atoms with Crippen LogP contribution < -0.4 is 24.8 Å². The number of nitrogens with zero attached hydrogens (tertiary/aromatic N) is 1. The number of para-hydroxylation sites is 1. The van der Waals surface area contributed by atoms with Crippen molar-refractivity contribution in [2.75, 3.05) is 26.1 Å². The minimum absolute atomic E-state index is 0.181. The SMILES string of the molecule is CCCCOc1ccc([C@H](C)NC(=O)c2cc(Nc3ccc(OC)cc3OC)nc3ccccc23)cc1. The molecule has 0 aliphatic rings. The molecule has 7 heteroatoms. The van der Waals surface area contributed by atoms with Gasteiger partial charge in [-0.05, 0) is 55.3 Å². The number of carbonyl (C=O) groups is 1. The van der Waals surface area contributed by atoms with Gasteiger partial charge in [-0.25, -0.2) is 4.98 Å². The molecule has 4 rings (SSSR count). The molecule has 37 heavy (non-hydrogen) atoms. The van der Waals surface area contributed by atoms with Crippen LogP contribution in [0, 0.1) is 0 Å². The third-order valence-electron chi connectivity index (χ3n) is 6.13. The molecule has 0 saturated carbocycles. The number of hydrogen-bond donors (Lipinski definition) is 2. The van der Waals surface area contributed by atoms with Crippen molar-refractivity contribution in [3.8, 4) is 17.2 Å². The molecular weight excluding hydrogens is 466 g/mol. The van der Waals surface area contributed by atoms with Gasteiger partial charge in [0.05, 0.1) is 43.6 Å². The summed E-state index contributed by atoms with van der Waals surface area (Å²) >= 11 is 0. The Morgan fingerprint density at radius 3 is 2.43 bits per heavy atom. The van der Waals surface area contributed by atoms with E-state index >= 15 is 0 Å². The number of pyridine rings is 1. The Labute approximate surface area is 217 Å². The lowest BCUT2D eigenvalue weighted by molar-refractivity contribution is 0.0941. The molecule has 0 unspecified atom stereocenters. The second-order valence-electron chi connectivity index (χ2n) is 8.73. The molecule has 1 atom stereocenters. The van der Waals surface area contributed by atoms with Gasteiger partial charge in [0.15, 0.2) is 0 Å². The monoisotopic (exact) mass is 499 g/mol. The predicted octanol–water partition coefficient (Wildman–Crippen LogP) is 6.67. The zero-order valence-corrected chi connectivity index (χ0v) is 21.7. The quantitative estimate of drug-likeness (QED) is 0.224. The normalized spacial score (nSPS) is 11.6. The second-order valence-corrected chi connectivity index (χ2v) is 8.73. The standard InChI is InChI=1S/C30H33N3O4/c1-5-6-17-37-22-13-11-21(12-14-22)20(2)31-30(34)25-19-29(32-26-10-8-7-9-24(25)26)33-27-16-15-23(35-3)18-28(27)36-4/h7-16,18-20H,5-6,17H2,1-4H3,(H,31,34)(H,32,33)/t20-/m0/s1. The number of ether oxygens (including phenoxy) is 3. The van der Waals surface area contributed by atoms with E-state index in [1.807, 2.05) is 67.6 Å². The van der Waals surface area contributed by atoms with Crippen LogP contribution in [0.15, 0.2) is 72.8 Å². The average Bonchev–Trinajstić information content (AvgIpc) is 2.93. The highest BCUT2D eigenvalue weighted by atomic mass is 16.5. The lowest BCUT2D eigenvalue weighted by Gasteiger charge is -2.17. The Morgan fingerprint density at radius 1 is 0.946 bits per heavy atom. The summed E-state index contributed by atoms with van der Waals surface area (Å²) in [4.78, 5) is 18.2. The number of methoxy groups -OCH3 is 2. The number of anilines is 2. The number of nitrogens with one attached hydrogen (secondary N) is 2. The maximum Gasteiger partial charge on any atom is 0.252 e. The van der Waals surface area contributed by atoms with Crippen molar-refractivity contribution in [3.63, 3.8) is 0 Å². The fourth-order valence-electron chi connectivity index (χ4n) is 4.01. The number of hydrogen-bond acceptors (Lipinski definition) is 6. The number of benzene rings is 3. The van der Waals surface area contributed by atoms with Crippen LogP contribution in [0.1, 0.15) is 48.7 Å². The summed E-state index contributed by atoms with van der Waals surface area (Å²) < 4.78 is 16.5. The minimum atomic E-state index is -0.192. The molecule has 0 radical (unpaired) electrons. The lowest BCUT2D eigenvalue weighted by Crippen LogP contribution is -2.27. The number of rotatable bonds is 11. The van der Waals surface area contributed by atoms with Crippen LogP contribution in [0.25, 0.3) is 10.9 Å². The number of carbonyl (C=O) groups excluding carboxylic acids is 1. The Hall–Kier alpha value is -4.26. The summed E-state index contributed by atoms with van der Waals surface area (Å²) in [6, 6.07) is 22.5. The van der Waals surface area contributed by atoms with Crippen LogP contribution in [0.2, 0.25) is 0 Å². The van der Waals surface area contributed by atoms with Gasteiger partial charge in [-0.2, -0.15) is 0 Å². The predicted molar refractivity (Wildman–Crippen MR) is 147 cm³/mol. The zero-order valence-electron chi connectivity index (χ0n) is 21.7. The highest BCUT2D eigenvalue weighted by molar-refractivity contribution is 6.07. The van der Waals surface area contributed by atoms with E-state index in [2.05, 4.69) is 17.6 Å². The van der Waals surface area contributed by atoms with Gasteiger partial charge in [-0.1, -0.05) is 43.7 Å². The molecule has 1 amide bonds. The highest BCUT2D eigenvalue weighted by Crippen LogP contribution is 2.32. The highest BCUT2D eigenvalue weighted by Gasteiger charge is 2.17. The largest absolute Gasteiger partial charge is 0.497 e. The Morgan fingerprint density at radius 2 is 1.70 bits per heavy atom. The molecule has 0 saturated heterocycles. The lowest BCUT2D eigenvalue weighted by atomic mass is 10.1. The van der Waals surface area contributed by atoms with E-state index in [0.29, 0.717) is 40.7 Å². The summed E-state index contributed by atoms with van der Waals surface area (Å²) in [6.07, 6.45) is 2.12. The van der Waals surface area contributed by atoms with E-state index in [9.17, 15) is 4.79 Å². The van der Waals surface area contributed by atoms with Crippen LogP contribution in [0.5, 0.6) is 17.2 Å². The summed E-state index contributed by atoms with van der Waals surface area (Å²) in [5.74, 6) is 2.48.